The Labute approximate surface area is 170 Å². The molecule has 2 heterocycles. The van der Waals surface area contributed by atoms with Gasteiger partial charge in [0.1, 0.15) is 5.56 Å². The van der Waals surface area contributed by atoms with Crippen LogP contribution in [0.3, 0.4) is 0 Å². The van der Waals surface area contributed by atoms with Crippen molar-refractivity contribution in [2.45, 2.75) is 45.1 Å². The summed E-state index contributed by atoms with van der Waals surface area (Å²) >= 11 is 0. The second-order valence-electron chi connectivity index (χ2n) is 7.27. The number of nitrogens with one attached hydrogen (secondary N) is 1. The third kappa shape index (κ3) is 3.77. The van der Waals surface area contributed by atoms with Crippen LogP contribution in [0, 0.1) is 0 Å². The topological polar surface area (TPSA) is 77.8 Å². The molecule has 29 heavy (non-hydrogen) atoms. The fourth-order valence-corrected chi connectivity index (χ4v) is 3.97. The van der Waals surface area contributed by atoms with Crippen molar-refractivity contribution >= 4 is 11.6 Å². The summed E-state index contributed by atoms with van der Waals surface area (Å²) in [6, 6.07) is 5.60. The summed E-state index contributed by atoms with van der Waals surface area (Å²) in [6.07, 6.45) is 10.3. The van der Waals surface area contributed by atoms with Crippen molar-refractivity contribution < 1.29 is 14.3 Å². The van der Waals surface area contributed by atoms with Crippen molar-refractivity contribution in [3.63, 3.8) is 0 Å². The first-order chi connectivity index (χ1) is 14.2. The maximum atomic E-state index is 12.9. The van der Waals surface area contributed by atoms with E-state index < -0.39 is 0 Å². The molecule has 0 saturated carbocycles. The number of para-hydroxylation sites is 1. The SMILES string of the molecule is COc1cccc(CNC(=O)c2cnn3c4c(cnc23)CCCCCC4)c1OC. The van der Waals surface area contributed by atoms with E-state index in [0.29, 0.717) is 29.3 Å². The van der Waals surface area contributed by atoms with Crippen LogP contribution in [0.2, 0.25) is 0 Å². The summed E-state index contributed by atoms with van der Waals surface area (Å²) < 4.78 is 12.6. The van der Waals surface area contributed by atoms with Crippen LogP contribution < -0.4 is 14.8 Å². The number of amides is 1. The van der Waals surface area contributed by atoms with Crippen LogP contribution in [0.1, 0.15) is 52.9 Å². The number of methoxy groups -OCH3 is 2. The highest BCUT2D eigenvalue weighted by Crippen LogP contribution is 2.30. The van der Waals surface area contributed by atoms with Gasteiger partial charge in [0.2, 0.25) is 0 Å². The monoisotopic (exact) mass is 394 g/mol. The minimum absolute atomic E-state index is 0.205. The average molecular weight is 394 g/mol. The quantitative estimate of drug-likeness (QED) is 0.718. The second-order valence-corrected chi connectivity index (χ2v) is 7.27. The smallest absolute Gasteiger partial charge is 0.257 e. The van der Waals surface area contributed by atoms with Crippen LogP contribution in [0.4, 0.5) is 0 Å². The summed E-state index contributed by atoms with van der Waals surface area (Å²) in [5, 5.41) is 7.44. The number of aryl methyl sites for hydroxylation is 2. The van der Waals surface area contributed by atoms with Gasteiger partial charge in [0.05, 0.1) is 20.4 Å². The second kappa shape index (κ2) is 8.51. The van der Waals surface area contributed by atoms with Crippen LogP contribution in [0.25, 0.3) is 5.65 Å². The maximum absolute atomic E-state index is 12.9. The predicted molar refractivity (Wildman–Crippen MR) is 110 cm³/mol. The molecule has 0 fully saturated rings. The zero-order chi connectivity index (χ0) is 20.2. The number of benzene rings is 1. The Morgan fingerprint density at radius 3 is 2.72 bits per heavy atom. The Morgan fingerprint density at radius 2 is 1.93 bits per heavy atom. The van der Waals surface area contributed by atoms with Gasteiger partial charge in [-0.2, -0.15) is 5.10 Å². The molecule has 0 bridgehead atoms. The molecule has 0 aliphatic heterocycles. The number of ether oxygens (including phenoxy) is 2. The fourth-order valence-electron chi connectivity index (χ4n) is 3.97. The van der Waals surface area contributed by atoms with E-state index in [4.69, 9.17) is 9.47 Å². The van der Waals surface area contributed by atoms with E-state index in [1.165, 1.54) is 30.5 Å². The molecule has 4 rings (SSSR count). The van der Waals surface area contributed by atoms with E-state index in [-0.39, 0.29) is 5.91 Å². The molecule has 0 saturated heterocycles. The number of hydrogen-bond donors (Lipinski definition) is 1. The number of nitrogens with zero attached hydrogens (tertiary/aromatic N) is 3. The zero-order valence-corrected chi connectivity index (χ0v) is 16.9. The molecule has 1 amide bonds. The standard InChI is InChI=1S/C22H26N4O3/c1-28-19-11-7-9-16(20(19)29-2)13-24-22(27)17-14-25-26-18-10-6-4-3-5-8-15(18)12-23-21(17)26/h7,9,11-12,14H,3-6,8,10,13H2,1-2H3,(H,24,27). The Bertz CT molecular complexity index is 1030. The number of aromatic nitrogens is 3. The summed E-state index contributed by atoms with van der Waals surface area (Å²) in [6.45, 7) is 0.321. The molecule has 1 N–H and O–H groups in total. The molecule has 3 aromatic rings. The first-order valence-corrected chi connectivity index (χ1v) is 10.1. The molecule has 0 spiro atoms. The molecule has 0 atom stereocenters. The number of carbonyl (C=O) groups excluding carboxylic acids is 1. The predicted octanol–water partition coefficient (Wildman–Crippen LogP) is 3.34. The van der Waals surface area contributed by atoms with Crippen molar-refractivity contribution in [1.82, 2.24) is 19.9 Å². The molecule has 0 unspecified atom stereocenters. The molecular formula is C22H26N4O3. The van der Waals surface area contributed by atoms with E-state index in [9.17, 15) is 4.79 Å². The summed E-state index contributed by atoms with van der Waals surface area (Å²) in [5.41, 5.74) is 4.36. The molecule has 0 radical (unpaired) electrons. The van der Waals surface area contributed by atoms with E-state index in [1.807, 2.05) is 28.9 Å². The van der Waals surface area contributed by atoms with Crippen molar-refractivity contribution in [2.75, 3.05) is 14.2 Å². The Balaban J connectivity index is 1.58. The highest BCUT2D eigenvalue weighted by atomic mass is 16.5. The van der Waals surface area contributed by atoms with Crippen LogP contribution in [-0.4, -0.2) is 34.7 Å². The van der Waals surface area contributed by atoms with E-state index >= 15 is 0 Å². The van der Waals surface area contributed by atoms with Crippen molar-refractivity contribution in [3.8, 4) is 11.5 Å². The van der Waals surface area contributed by atoms with Crippen molar-refractivity contribution in [2.24, 2.45) is 0 Å². The normalized spacial score (nSPS) is 14.0. The van der Waals surface area contributed by atoms with Gasteiger partial charge >= 0.3 is 0 Å². The third-order valence-corrected chi connectivity index (χ3v) is 5.49. The molecule has 2 aromatic heterocycles. The van der Waals surface area contributed by atoms with Crippen LogP contribution >= 0.6 is 0 Å². The van der Waals surface area contributed by atoms with Crippen molar-refractivity contribution in [1.29, 1.82) is 0 Å². The first-order valence-electron chi connectivity index (χ1n) is 10.1. The lowest BCUT2D eigenvalue weighted by Gasteiger charge is -2.14. The molecule has 1 aliphatic carbocycles. The number of carbonyl (C=O) groups is 1. The van der Waals surface area contributed by atoms with Gasteiger partial charge in [-0.05, 0) is 37.3 Å². The molecule has 1 aromatic carbocycles. The van der Waals surface area contributed by atoms with Gasteiger partial charge in [0.15, 0.2) is 17.1 Å². The van der Waals surface area contributed by atoms with Gasteiger partial charge in [-0.3, -0.25) is 4.79 Å². The maximum Gasteiger partial charge on any atom is 0.257 e. The average Bonchev–Trinajstić information content (AvgIpc) is 3.16. The minimum Gasteiger partial charge on any atom is -0.493 e. The lowest BCUT2D eigenvalue weighted by atomic mass is 9.98. The Hall–Kier alpha value is -3.09. The van der Waals surface area contributed by atoms with Gasteiger partial charge in [0, 0.05) is 24.0 Å². The molecule has 7 nitrogen and oxygen atoms in total. The highest BCUT2D eigenvalue weighted by Gasteiger charge is 2.19. The van der Waals surface area contributed by atoms with E-state index in [0.717, 1.165) is 24.8 Å². The Morgan fingerprint density at radius 1 is 1.10 bits per heavy atom. The number of fused-ring (bicyclic) bond motifs is 3. The lowest BCUT2D eigenvalue weighted by molar-refractivity contribution is 0.0952. The van der Waals surface area contributed by atoms with Gasteiger partial charge in [-0.1, -0.05) is 25.0 Å². The van der Waals surface area contributed by atoms with Gasteiger partial charge < -0.3 is 14.8 Å². The molecular weight excluding hydrogens is 368 g/mol. The fraction of sp³-hybridized carbons (Fsp3) is 0.409. The summed E-state index contributed by atoms with van der Waals surface area (Å²) in [7, 11) is 3.18. The zero-order valence-electron chi connectivity index (χ0n) is 16.9. The van der Waals surface area contributed by atoms with Gasteiger partial charge in [0.25, 0.3) is 5.91 Å². The van der Waals surface area contributed by atoms with Crippen molar-refractivity contribution in [3.05, 3.63) is 53.0 Å². The molecule has 7 heteroatoms. The van der Waals surface area contributed by atoms with Crippen LogP contribution in [0.15, 0.2) is 30.6 Å². The van der Waals surface area contributed by atoms with Gasteiger partial charge in [-0.25, -0.2) is 9.50 Å². The first kappa shape index (κ1) is 19.2. The highest BCUT2D eigenvalue weighted by molar-refractivity contribution is 5.99. The number of hydrogen-bond acceptors (Lipinski definition) is 5. The van der Waals surface area contributed by atoms with E-state index in [2.05, 4.69) is 15.4 Å². The summed E-state index contributed by atoms with van der Waals surface area (Å²) in [4.78, 5) is 17.4. The Kier molecular flexibility index (Phi) is 5.64. The largest absolute Gasteiger partial charge is 0.493 e. The third-order valence-electron chi connectivity index (χ3n) is 5.49. The van der Waals surface area contributed by atoms with Gasteiger partial charge in [-0.15, -0.1) is 0 Å². The molecule has 152 valence electrons. The van der Waals surface area contributed by atoms with Crippen LogP contribution in [-0.2, 0) is 19.4 Å². The summed E-state index contributed by atoms with van der Waals surface area (Å²) in [5.74, 6) is 1.05. The number of rotatable bonds is 5. The van der Waals surface area contributed by atoms with E-state index in [1.54, 1.807) is 20.4 Å². The molecule has 1 aliphatic rings. The van der Waals surface area contributed by atoms with Crippen LogP contribution in [0.5, 0.6) is 11.5 Å². The lowest BCUT2D eigenvalue weighted by Crippen LogP contribution is -2.23. The minimum atomic E-state index is -0.205.